The molecule has 0 bridgehead atoms. The molecule has 0 spiro atoms. The van der Waals surface area contributed by atoms with Crippen molar-refractivity contribution in [2.75, 3.05) is 0 Å². The fraction of sp³-hybridized carbons (Fsp3) is 0.333. The van der Waals surface area contributed by atoms with Gasteiger partial charge in [0.1, 0.15) is 0 Å². The molecule has 1 aliphatic carbocycles. The molecule has 0 aromatic heterocycles. The van der Waals surface area contributed by atoms with Gasteiger partial charge < -0.3 is 0 Å². The SMILES string of the molecule is CC1=CC2SC=[C]C2=C1C. The summed E-state index contributed by atoms with van der Waals surface area (Å²) in [6.07, 6.45) is 5.58. The highest BCUT2D eigenvalue weighted by Crippen LogP contribution is 2.39. The highest BCUT2D eigenvalue weighted by atomic mass is 32.2. The van der Waals surface area contributed by atoms with Gasteiger partial charge in [0.15, 0.2) is 0 Å². The summed E-state index contributed by atoms with van der Waals surface area (Å²) in [5.74, 6) is 0. The molecule has 0 fully saturated rings. The van der Waals surface area contributed by atoms with Crippen molar-refractivity contribution in [3.8, 4) is 0 Å². The van der Waals surface area contributed by atoms with Gasteiger partial charge in [0.2, 0.25) is 0 Å². The molecule has 1 heterocycles. The van der Waals surface area contributed by atoms with E-state index in [0.29, 0.717) is 5.25 Å². The smallest absolute Gasteiger partial charge is 0.0533 e. The van der Waals surface area contributed by atoms with Gasteiger partial charge in [-0.3, -0.25) is 0 Å². The number of hydrogen-bond donors (Lipinski definition) is 0. The van der Waals surface area contributed by atoms with E-state index in [0.717, 1.165) is 0 Å². The maximum absolute atomic E-state index is 3.26. The molecule has 2 aliphatic rings. The second-order valence-electron chi connectivity index (χ2n) is 2.71. The maximum atomic E-state index is 3.26. The zero-order valence-corrected chi connectivity index (χ0v) is 6.96. The molecular weight excluding hydrogens is 140 g/mol. The Morgan fingerprint density at radius 3 is 3.00 bits per heavy atom. The molecule has 0 nitrogen and oxygen atoms in total. The van der Waals surface area contributed by atoms with Crippen LogP contribution in [0, 0.1) is 6.08 Å². The molecular formula is C9H9S. The van der Waals surface area contributed by atoms with E-state index in [9.17, 15) is 0 Å². The van der Waals surface area contributed by atoms with Crippen molar-refractivity contribution >= 4 is 11.8 Å². The minimum atomic E-state index is 0.597. The van der Waals surface area contributed by atoms with Gasteiger partial charge >= 0.3 is 0 Å². The van der Waals surface area contributed by atoms with E-state index in [-0.39, 0.29) is 0 Å². The van der Waals surface area contributed by atoms with E-state index in [2.05, 4.69) is 31.4 Å². The summed E-state index contributed by atoms with van der Waals surface area (Å²) in [5, 5.41) is 2.66. The highest BCUT2D eigenvalue weighted by Gasteiger charge is 2.23. The van der Waals surface area contributed by atoms with Crippen LogP contribution in [0.5, 0.6) is 0 Å². The van der Waals surface area contributed by atoms with Crippen LogP contribution in [0.15, 0.2) is 28.2 Å². The van der Waals surface area contributed by atoms with Gasteiger partial charge in [-0.1, -0.05) is 11.6 Å². The summed E-state index contributed by atoms with van der Waals surface area (Å²) in [5.41, 5.74) is 4.24. The summed E-state index contributed by atoms with van der Waals surface area (Å²) in [4.78, 5) is 0. The predicted octanol–water partition coefficient (Wildman–Crippen LogP) is 2.70. The molecule has 1 radical (unpaired) electrons. The van der Waals surface area contributed by atoms with Crippen molar-refractivity contribution in [3.05, 3.63) is 34.3 Å². The van der Waals surface area contributed by atoms with E-state index < -0.39 is 0 Å². The van der Waals surface area contributed by atoms with Gasteiger partial charge in [0.25, 0.3) is 0 Å². The van der Waals surface area contributed by atoms with Crippen molar-refractivity contribution in [3.63, 3.8) is 0 Å². The largest absolute Gasteiger partial charge is 0.121 e. The minimum absolute atomic E-state index is 0.597. The molecule has 1 aliphatic heterocycles. The number of rotatable bonds is 0. The topological polar surface area (TPSA) is 0 Å². The standard InChI is InChI=1S/C9H9S/c1-6-5-9-8(7(6)2)3-4-10-9/h4-5,9H,1-2H3. The van der Waals surface area contributed by atoms with E-state index in [1.807, 2.05) is 11.8 Å². The van der Waals surface area contributed by atoms with Crippen LogP contribution in [0.2, 0.25) is 0 Å². The first-order valence-electron chi connectivity index (χ1n) is 3.42. The van der Waals surface area contributed by atoms with E-state index in [1.165, 1.54) is 16.7 Å². The quantitative estimate of drug-likeness (QED) is 0.510. The molecule has 0 aromatic carbocycles. The van der Waals surface area contributed by atoms with Crippen molar-refractivity contribution in [2.45, 2.75) is 19.1 Å². The van der Waals surface area contributed by atoms with E-state index in [1.54, 1.807) is 0 Å². The van der Waals surface area contributed by atoms with Gasteiger partial charge in [-0.05, 0) is 36.5 Å². The van der Waals surface area contributed by atoms with E-state index >= 15 is 0 Å². The molecule has 1 unspecified atom stereocenters. The molecule has 1 heteroatoms. The van der Waals surface area contributed by atoms with Crippen LogP contribution in [-0.4, -0.2) is 5.25 Å². The van der Waals surface area contributed by atoms with Crippen molar-refractivity contribution in [1.82, 2.24) is 0 Å². The first-order valence-corrected chi connectivity index (χ1v) is 4.36. The third-order valence-corrected chi connectivity index (χ3v) is 3.03. The van der Waals surface area contributed by atoms with Gasteiger partial charge in [-0.2, -0.15) is 0 Å². The molecule has 1 atom stereocenters. The Kier molecular flexibility index (Phi) is 1.27. The second-order valence-corrected chi connectivity index (χ2v) is 3.72. The van der Waals surface area contributed by atoms with Gasteiger partial charge in [0.05, 0.1) is 5.25 Å². The lowest BCUT2D eigenvalue weighted by Crippen LogP contribution is -1.90. The highest BCUT2D eigenvalue weighted by molar-refractivity contribution is 8.03. The normalized spacial score (nSPS) is 29.4. The number of thioether (sulfide) groups is 1. The van der Waals surface area contributed by atoms with E-state index in [4.69, 9.17) is 0 Å². The predicted molar refractivity (Wildman–Crippen MR) is 45.6 cm³/mol. The average molecular weight is 149 g/mol. The molecule has 0 saturated heterocycles. The summed E-state index contributed by atoms with van der Waals surface area (Å²) in [7, 11) is 0. The number of hydrogen-bond acceptors (Lipinski definition) is 1. The first-order chi connectivity index (χ1) is 4.79. The summed E-state index contributed by atoms with van der Waals surface area (Å²) in [6.45, 7) is 4.34. The third-order valence-electron chi connectivity index (χ3n) is 2.11. The second kappa shape index (κ2) is 2.03. The van der Waals surface area contributed by atoms with Crippen LogP contribution in [0.25, 0.3) is 0 Å². The monoisotopic (exact) mass is 149 g/mol. The minimum Gasteiger partial charge on any atom is -0.121 e. The zero-order chi connectivity index (χ0) is 7.14. The van der Waals surface area contributed by atoms with Crippen LogP contribution < -0.4 is 0 Å². The Bertz CT molecular complexity index is 256. The molecule has 2 rings (SSSR count). The summed E-state index contributed by atoms with van der Waals surface area (Å²) < 4.78 is 0. The lowest BCUT2D eigenvalue weighted by atomic mass is 10.1. The van der Waals surface area contributed by atoms with Crippen LogP contribution in [-0.2, 0) is 0 Å². The fourth-order valence-corrected chi connectivity index (χ4v) is 2.33. The molecule has 10 heavy (non-hydrogen) atoms. The van der Waals surface area contributed by atoms with Crippen molar-refractivity contribution in [1.29, 1.82) is 0 Å². The molecule has 0 aromatic rings. The molecule has 0 saturated carbocycles. The molecule has 51 valence electrons. The van der Waals surface area contributed by atoms with Crippen molar-refractivity contribution in [2.24, 2.45) is 0 Å². The molecule has 0 N–H and O–H groups in total. The van der Waals surface area contributed by atoms with Crippen LogP contribution >= 0.6 is 11.8 Å². The fourth-order valence-electron chi connectivity index (χ4n) is 1.33. The summed E-state index contributed by atoms with van der Waals surface area (Å²) >= 11 is 1.85. The number of allylic oxidation sites excluding steroid dienone is 3. The van der Waals surface area contributed by atoms with Gasteiger partial charge in [-0.25, -0.2) is 0 Å². The number of fused-ring (bicyclic) bond motifs is 1. The first kappa shape index (κ1) is 6.29. The van der Waals surface area contributed by atoms with Crippen LogP contribution in [0.1, 0.15) is 13.8 Å². The Labute approximate surface area is 65.7 Å². The van der Waals surface area contributed by atoms with Crippen LogP contribution in [0.4, 0.5) is 0 Å². The van der Waals surface area contributed by atoms with Crippen molar-refractivity contribution < 1.29 is 0 Å². The summed E-state index contributed by atoms with van der Waals surface area (Å²) in [6, 6.07) is 0. The lowest BCUT2D eigenvalue weighted by molar-refractivity contribution is 1.31. The lowest BCUT2D eigenvalue weighted by Gasteiger charge is -1.98. The zero-order valence-electron chi connectivity index (χ0n) is 6.14. The Morgan fingerprint density at radius 1 is 1.50 bits per heavy atom. The molecule has 0 amide bonds. The Balaban J connectivity index is 2.47. The van der Waals surface area contributed by atoms with Gasteiger partial charge in [-0.15, -0.1) is 11.8 Å². The Morgan fingerprint density at radius 2 is 2.30 bits per heavy atom. The third kappa shape index (κ3) is 0.702. The Hall–Kier alpha value is -0.430. The maximum Gasteiger partial charge on any atom is 0.0533 e. The average Bonchev–Trinajstić information content (AvgIpc) is 2.41. The van der Waals surface area contributed by atoms with Gasteiger partial charge in [0, 0.05) is 0 Å². The van der Waals surface area contributed by atoms with Crippen LogP contribution in [0.3, 0.4) is 0 Å².